The Morgan fingerprint density at radius 3 is 2.55 bits per heavy atom. The Morgan fingerprint density at radius 2 is 1.95 bits per heavy atom. The zero-order valence-corrected chi connectivity index (χ0v) is 12.4. The average molecular weight is 318 g/mol. The number of piperidine rings is 1. The first-order chi connectivity index (χ1) is 9.08. The molecule has 5 nitrogen and oxygen atoms in total. The molecule has 1 aliphatic heterocycles. The van der Waals surface area contributed by atoms with Gasteiger partial charge < -0.3 is 16.4 Å². The van der Waals surface area contributed by atoms with Gasteiger partial charge in [-0.25, -0.2) is 0 Å². The molecule has 0 saturated carbocycles. The molecule has 1 fully saturated rings. The minimum atomic E-state index is -0.608. The summed E-state index contributed by atoms with van der Waals surface area (Å²) in [6.45, 7) is 1.70. The van der Waals surface area contributed by atoms with E-state index in [4.69, 9.17) is 17.3 Å². The van der Waals surface area contributed by atoms with Gasteiger partial charge in [0.05, 0.1) is 10.6 Å². The van der Waals surface area contributed by atoms with Gasteiger partial charge in [-0.1, -0.05) is 11.6 Å². The standard InChI is InChI=1S/C13H16ClN3O2.ClH/c14-11-2-1-9(7-10(11)12(15)18)17-13(19)8-3-5-16-6-4-8;/h1-2,7-8,16H,3-6H2,(H2,15,18)(H,17,19);1H. The van der Waals surface area contributed by atoms with E-state index >= 15 is 0 Å². The Bertz CT molecular complexity index is 502. The molecule has 4 N–H and O–H groups in total. The Hall–Kier alpha value is -1.30. The first-order valence-electron chi connectivity index (χ1n) is 6.19. The van der Waals surface area contributed by atoms with Crippen molar-refractivity contribution in [1.82, 2.24) is 5.32 Å². The van der Waals surface area contributed by atoms with E-state index in [2.05, 4.69) is 10.6 Å². The predicted octanol–water partition coefficient (Wildman–Crippen LogP) is 1.80. The maximum Gasteiger partial charge on any atom is 0.250 e. The van der Waals surface area contributed by atoms with Crippen LogP contribution in [0, 0.1) is 5.92 Å². The summed E-state index contributed by atoms with van der Waals surface area (Å²) in [4.78, 5) is 23.2. The molecule has 0 bridgehead atoms. The third kappa shape index (κ3) is 4.10. The van der Waals surface area contributed by atoms with E-state index in [9.17, 15) is 9.59 Å². The maximum absolute atomic E-state index is 12.0. The van der Waals surface area contributed by atoms with Gasteiger partial charge in [0.25, 0.3) is 0 Å². The number of nitrogens with one attached hydrogen (secondary N) is 2. The number of amides is 2. The zero-order chi connectivity index (χ0) is 13.8. The third-order valence-electron chi connectivity index (χ3n) is 3.21. The average Bonchev–Trinajstić information content (AvgIpc) is 2.41. The van der Waals surface area contributed by atoms with Crippen LogP contribution < -0.4 is 16.4 Å². The number of carbonyl (C=O) groups is 2. The molecule has 0 aliphatic carbocycles. The number of nitrogens with two attached hydrogens (primary N) is 1. The van der Waals surface area contributed by atoms with E-state index in [0.29, 0.717) is 5.69 Å². The van der Waals surface area contributed by atoms with E-state index in [1.54, 1.807) is 12.1 Å². The summed E-state index contributed by atoms with van der Waals surface area (Å²) >= 11 is 5.85. The lowest BCUT2D eigenvalue weighted by molar-refractivity contribution is -0.120. The molecule has 1 saturated heterocycles. The highest BCUT2D eigenvalue weighted by Gasteiger charge is 2.21. The molecule has 20 heavy (non-hydrogen) atoms. The van der Waals surface area contributed by atoms with Gasteiger partial charge in [0, 0.05) is 11.6 Å². The van der Waals surface area contributed by atoms with Crippen LogP contribution in [0.2, 0.25) is 5.02 Å². The number of anilines is 1. The molecule has 0 spiro atoms. The number of hydrogen-bond acceptors (Lipinski definition) is 3. The molecule has 2 rings (SSSR count). The molecular weight excluding hydrogens is 301 g/mol. The Labute approximate surface area is 128 Å². The largest absolute Gasteiger partial charge is 0.366 e. The van der Waals surface area contributed by atoms with Crippen molar-refractivity contribution >= 4 is 41.5 Å². The first kappa shape index (κ1) is 16.8. The van der Waals surface area contributed by atoms with Crippen LogP contribution in [0.1, 0.15) is 23.2 Å². The smallest absolute Gasteiger partial charge is 0.250 e. The monoisotopic (exact) mass is 317 g/mol. The van der Waals surface area contributed by atoms with Gasteiger partial charge in [-0.05, 0) is 44.1 Å². The first-order valence-corrected chi connectivity index (χ1v) is 6.56. The van der Waals surface area contributed by atoms with Crippen molar-refractivity contribution in [3.8, 4) is 0 Å². The molecule has 0 radical (unpaired) electrons. The van der Waals surface area contributed by atoms with Crippen LogP contribution >= 0.6 is 24.0 Å². The Kier molecular flexibility index (Phi) is 6.26. The van der Waals surface area contributed by atoms with E-state index in [1.165, 1.54) is 6.07 Å². The van der Waals surface area contributed by atoms with Crippen molar-refractivity contribution in [2.45, 2.75) is 12.8 Å². The maximum atomic E-state index is 12.0. The summed E-state index contributed by atoms with van der Waals surface area (Å²) in [5.74, 6) is -0.629. The highest BCUT2D eigenvalue weighted by molar-refractivity contribution is 6.34. The number of benzene rings is 1. The molecular formula is C13H17Cl2N3O2. The second-order valence-electron chi connectivity index (χ2n) is 4.57. The summed E-state index contributed by atoms with van der Waals surface area (Å²) < 4.78 is 0. The molecule has 1 aliphatic rings. The van der Waals surface area contributed by atoms with E-state index in [0.717, 1.165) is 25.9 Å². The van der Waals surface area contributed by atoms with Gasteiger partial charge in [0.2, 0.25) is 11.8 Å². The summed E-state index contributed by atoms with van der Waals surface area (Å²) in [5.41, 5.74) is 5.97. The lowest BCUT2D eigenvalue weighted by atomic mass is 9.97. The van der Waals surface area contributed by atoms with Crippen molar-refractivity contribution < 1.29 is 9.59 Å². The van der Waals surface area contributed by atoms with Crippen LogP contribution in [0.15, 0.2) is 18.2 Å². The van der Waals surface area contributed by atoms with Crippen molar-refractivity contribution in [2.75, 3.05) is 18.4 Å². The highest BCUT2D eigenvalue weighted by atomic mass is 35.5. The number of carbonyl (C=O) groups excluding carboxylic acids is 2. The quantitative estimate of drug-likeness (QED) is 0.794. The van der Waals surface area contributed by atoms with Gasteiger partial charge in [0.15, 0.2) is 0 Å². The number of rotatable bonds is 3. The number of primary amides is 1. The topological polar surface area (TPSA) is 84.2 Å². The molecule has 7 heteroatoms. The molecule has 1 aromatic carbocycles. The second-order valence-corrected chi connectivity index (χ2v) is 4.98. The Balaban J connectivity index is 0.00000200. The molecule has 0 unspecified atom stereocenters. The molecule has 0 atom stereocenters. The van der Waals surface area contributed by atoms with Crippen molar-refractivity contribution in [3.63, 3.8) is 0 Å². The minimum absolute atomic E-state index is 0. The lowest BCUT2D eigenvalue weighted by Crippen LogP contribution is -2.34. The summed E-state index contributed by atoms with van der Waals surface area (Å²) in [7, 11) is 0. The third-order valence-corrected chi connectivity index (χ3v) is 3.54. The van der Waals surface area contributed by atoms with Crippen LogP contribution in [-0.2, 0) is 4.79 Å². The predicted molar refractivity (Wildman–Crippen MR) is 81.4 cm³/mol. The van der Waals surface area contributed by atoms with Crippen LogP contribution in [0.3, 0.4) is 0 Å². The van der Waals surface area contributed by atoms with Gasteiger partial charge in [-0.15, -0.1) is 12.4 Å². The van der Waals surface area contributed by atoms with Crippen LogP contribution in [-0.4, -0.2) is 24.9 Å². The van der Waals surface area contributed by atoms with Crippen molar-refractivity contribution in [1.29, 1.82) is 0 Å². The van der Waals surface area contributed by atoms with Crippen LogP contribution in [0.5, 0.6) is 0 Å². The van der Waals surface area contributed by atoms with Gasteiger partial charge in [-0.3, -0.25) is 9.59 Å². The van der Waals surface area contributed by atoms with E-state index in [-0.39, 0.29) is 34.8 Å². The van der Waals surface area contributed by atoms with Crippen LogP contribution in [0.4, 0.5) is 5.69 Å². The van der Waals surface area contributed by atoms with Gasteiger partial charge >= 0.3 is 0 Å². The van der Waals surface area contributed by atoms with Gasteiger partial charge in [0.1, 0.15) is 0 Å². The zero-order valence-electron chi connectivity index (χ0n) is 10.8. The minimum Gasteiger partial charge on any atom is -0.366 e. The molecule has 0 aromatic heterocycles. The van der Waals surface area contributed by atoms with Crippen LogP contribution in [0.25, 0.3) is 0 Å². The molecule has 1 aromatic rings. The van der Waals surface area contributed by atoms with Crippen molar-refractivity contribution in [3.05, 3.63) is 28.8 Å². The van der Waals surface area contributed by atoms with E-state index in [1.807, 2.05) is 0 Å². The van der Waals surface area contributed by atoms with Crippen molar-refractivity contribution in [2.24, 2.45) is 11.7 Å². The lowest BCUT2D eigenvalue weighted by Gasteiger charge is -2.21. The summed E-state index contributed by atoms with van der Waals surface area (Å²) in [5, 5.41) is 6.29. The fourth-order valence-electron chi connectivity index (χ4n) is 2.12. The fraction of sp³-hybridized carbons (Fsp3) is 0.385. The Morgan fingerprint density at radius 1 is 1.30 bits per heavy atom. The fourth-order valence-corrected chi connectivity index (χ4v) is 2.33. The number of hydrogen-bond donors (Lipinski definition) is 3. The van der Waals surface area contributed by atoms with E-state index < -0.39 is 5.91 Å². The molecule has 110 valence electrons. The second kappa shape index (κ2) is 7.47. The molecule has 2 amide bonds. The summed E-state index contributed by atoms with van der Waals surface area (Å²) in [6.07, 6.45) is 1.64. The SMILES string of the molecule is Cl.NC(=O)c1cc(NC(=O)C2CCNCC2)ccc1Cl. The molecule has 1 heterocycles. The summed E-state index contributed by atoms with van der Waals surface area (Å²) in [6, 6.07) is 4.72. The number of halogens is 2. The normalized spacial score (nSPS) is 15.2. The van der Waals surface area contributed by atoms with Gasteiger partial charge in [-0.2, -0.15) is 0 Å². The highest BCUT2D eigenvalue weighted by Crippen LogP contribution is 2.21.